The first-order valence-corrected chi connectivity index (χ1v) is 11.8. The molecule has 0 aliphatic carbocycles. The number of likely N-dealkylation sites (tertiary alicyclic amines) is 1. The third-order valence-corrected chi connectivity index (χ3v) is 6.93. The second-order valence-corrected chi connectivity index (χ2v) is 9.28. The molecule has 2 aromatic carbocycles. The molecule has 7 heteroatoms. The molecule has 2 aliphatic rings. The number of nitrogens with zero attached hydrogens (tertiary/aromatic N) is 5. The van der Waals surface area contributed by atoms with Gasteiger partial charge < -0.3 is 14.7 Å². The highest BCUT2D eigenvalue weighted by atomic mass is 35.5. The summed E-state index contributed by atoms with van der Waals surface area (Å²) in [7, 11) is 0. The maximum Gasteiger partial charge on any atom is 0.275 e. The highest BCUT2D eigenvalue weighted by Gasteiger charge is 2.27. The van der Waals surface area contributed by atoms with Crippen LogP contribution in [0.3, 0.4) is 0 Å². The fourth-order valence-corrected chi connectivity index (χ4v) is 4.88. The summed E-state index contributed by atoms with van der Waals surface area (Å²) in [6, 6.07) is 16.0. The second kappa shape index (κ2) is 8.94. The molecule has 0 spiro atoms. The van der Waals surface area contributed by atoms with Gasteiger partial charge in [0.25, 0.3) is 5.91 Å². The summed E-state index contributed by atoms with van der Waals surface area (Å²) >= 11 is 6.17. The molecule has 32 heavy (non-hydrogen) atoms. The average Bonchev–Trinajstić information content (AvgIpc) is 2.83. The SMILES string of the molecule is CC1CCN(C(=O)c2nnc(N3CCN(c4cccc(Cl)c4)CC3)c3ccccc23)CC1. The van der Waals surface area contributed by atoms with Crippen molar-refractivity contribution in [2.24, 2.45) is 5.92 Å². The molecule has 5 rings (SSSR count). The van der Waals surface area contributed by atoms with Gasteiger partial charge in [-0.3, -0.25) is 4.79 Å². The lowest BCUT2D eigenvalue weighted by atomic mass is 9.98. The van der Waals surface area contributed by atoms with Crippen LogP contribution in [0, 0.1) is 5.92 Å². The van der Waals surface area contributed by atoms with Crippen LogP contribution in [0.25, 0.3) is 10.8 Å². The molecule has 166 valence electrons. The van der Waals surface area contributed by atoms with Crippen molar-refractivity contribution in [1.29, 1.82) is 0 Å². The Balaban J connectivity index is 1.38. The fraction of sp³-hybridized carbons (Fsp3) is 0.400. The third-order valence-electron chi connectivity index (χ3n) is 6.69. The molecule has 0 bridgehead atoms. The number of anilines is 2. The summed E-state index contributed by atoms with van der Waals surface area (Å²) in [6.07, 6.45) is 2.10. The summed E-state index contributed by atoms with van der Waals surface area (Å²) in [5, 5.41) is 11.6. The van der Waals surface area contributed by atoms with Gasteiger partial charge in [-0.15, -0.1) is 10.2 Å². The molecular weight excluding hydrogens is 422 g/mol. The zero-order valence-corrected chi connectivity index (χ0v) is 19.1. The van der Waals surface area contributed by atoms with Gasteiger partial charge in [-0.05, 0) is 37.0 Å². The Bertz CT molecular complexity index is 1120. The number of hydrogen-bond donors (Lipinski definition) is 0. The molecule has 0 N–H and O–H groups in total. The summed E-state index contributed by atoms with van der Waals surface area (Å²) in [4.78, 5) is 19.8. The van der Waals surface area contributed by atoms with Gasteiger partial charge >= 0.3 is 0 Å². The summed E-state index contributed by atoms with van der Waals surface area (Å²) in [5.41, 5.74) is 1.61. The molecule has 0 radical (unpaired) electrons. The predicted octanol–water partition coefficient (Wildman–Crippen LogP) is 4.48. The van der Waals surface area contributed by atoms with E-state index in [9.17, 15) is 4.79 Å². The number of piperazine rings is 1. The Kier molecular flexibility index (Phi) is 5.87. The van der Waals surface area contributed by atoms with E-state index in [-0.39, 0.29) is 5.91 Å². The number of benzene rings is 2. The zero-order valence-electron chi connectivity index (χ0n) is 18.4. The van der Waals surface area contributed by atoms with Crippen molar-refractivity contribution in [3.63, 3.8) is 0 Å². The van der Waals surface area contributed by atoms with Gasteiger partial charge in [-0.2, -0.15) is 0 Å². The zero-order chi connectivity index (χ0) is 22.1. The van der Waals surface area contributed by atoms with Crippen molar-refractivity contribution >= 4 is 39.8 Å². The number of aromatic nitrogens is 2. The first-order valence-electron chi connectivity index (χ1n) is 11.4. The number of carbonyl (C=O) groups is 1. The van der Waals surface area contributed by atoms with Crippen LogP contribution in [0.4, 0.5) is 11.5 Å². The van der Waals surface area contributed by atoms with E-state index in [1.54, 1.807) is 0 Å². The van der Waals surface area contributed by atoms with Crippen LogP contribution in [-0.2, 0) is 0 Å². The first-order chi connectivity index (χ1) is 15.6. The minimum Gasteiger partial charge on any atom is -0.368 e. The molecule has 0 unspecified atom stereocenters. The van der Waals surface area contributed by atoms with Crippen LogP contribution in [-0.4, -0.2) is 60.3 Å². The van der Waals surface area contributed by atoms with E-state index in [0.29, 0.717) is 11.6 Å². The quantitative estimate of drug-likeness (QED) is 0.590. The Hall–Kier alpha value is -2.86. The lowest BCUT2D eigenvalue weighted by Crippen LogP contribution is -2.47. The van der Waals surface area contributed by atoms with Gasteiger partial charge in [0, 0.05) is 60.8 Å². The third kappa shape index (κ3) is 4.11. The molecule has 2 aliphatic heterocycles. The van der Waals surface area contributed by atoms with Crippen LogP contribution < -0.4 is 9.80 Å². The van der Waals surface area contributed by atoms with Gasteiger partial charge in [0.15, 0.2) is 11.5 Å². The van der Waals surface area contributed by atoms with Crippen molar-refractivity contribution in [3.8, 4) is 0 Å². The molecule has 0 saturated carbocycles. The minimum atomic E-state index is -0.00192. The molecule has 3 heterocycles. The van der Waals surface area contributed by atoms with E-state index in [4.69, 9.17) is 11.6 Å². The van der Waals surface area contributed by atoms with Crippen molar-refractivity contribution < 1.29 is 4.79 Å². The summed E-state index contributed by atoms with van der Waals surface area (Å²) in [5.74, 6) is 1.53. The number of fused-ring (bicyclic) bond motifs is 1. The molecule has 1 aromatic heterocycles. The first kappa shape index (κ1) is 21.0. The number of halogens is 1. The van der Waals surface area contributed by atoms with E-state index in [1.807, 2.05) is 41.3 Å². The maximum absolute atomic E-state index is 13.2. The summed E-state index contributed by atoms with van der Waals surface area (Å²) in [6.45, 7) is 7.27. The lowest BCUT2D eigenvalue weighted by molar-refractivity contribution is 0.0692. The number of hydrogen-bond acceptors (Lipinski definition) is 5. The van der Waals surface area contributed by atoms with Gasteiger partial charge in [0.2, 0.25) is 0 Å². The van der Waals surface area contributed by atoms with Crippen molar-refractivity contribution in [1.82, 2.24) is 15.1 Å². The standard InChI is InChI=1S/C25H28ClN5O/c1-18-9-11-31(12-10-18)25(32)23-21-7-2-3-8-22(21)24(28-27-23)30-15-13-29(14-16-30)20-6-4-5-19(26)17-20/h2-8,17-18H,9-16H2,1H3. The topological polar surface area (TPSA) is 52.6 Å². The van der Waals surface area contributed by atoms with Crippen LogP contribution in [0.2, 0.25) is 5.02 Å². The normalized spacial score (nSPS) is 17.8. The molecule has 0 atom stereocenters. The van der Waals surface area contributed by atoms with Crippen LogP contribution >= 0.6 is 11.6 Å². The Morgan fingerprint density at radius 3 is 2.28 bits per heavy atom. The second-order valence-electron chi connectivity index (χ2n) is 8.85. The van der Waals surface area contributed by atoms with Crippen LogP contribution in [0.15, 0.2) is 48.5 Å². The van der Waals surface area contributed by atoms with Crippen LogP contribution in [0.1, 0.15) is 30.3 Å². The lowest BCUT2D eigenvalue weighted by Gasteiger charge is -2.37. The molecule has 2 saturated heterocycles. The predicted molar refractivity (Wildman–Crippen MR) is 130 cm³/mol. The van der Waals surface area contributed by atoms with Gasteiger partial charge in [-0.1, -0.05) is 48.9 Å². The van der Waals surface area contributed by atoms with Gasteiger partial charge in [0.1, 0.15) is 0 Å². The number of rotatable bonds is 3. The van der Waals surface area contributed by atoms with E-state index in [1.165, 1.54) is 0 Å². The Morgan fingerprint density at radius 2 is 1.56 bits per heavy atom. The Labute approximate surface area is 193 Å². The van der Waals surface area contributed by atoms with E-state index < -0.39 is 0 Å². The monoisotopic (exact) mass is 449 g/mol. The van der Waals surface area contributed by atoms with E-state index in [0.717, 1.165) is 79.4 Å². The molecule has 2 fully saturated rings. The van der Waals surface area contributed by atoms with Gasteiger partial charge in [0.05, 0.1) is 0 Å². The minimum absolute atomic E-state index is 0.00192. The molecule has 6 nitrogen and oxygen atoms in total. The van der Waals surface area contributed by atoms with Crippen molar-refractivity contribution in [3.05, 3.63) is 59.2 Å². The van der Waals surface area contributed by atoms with Gasteiger partial charge in [-0.25, -0.2) is 0 Å². The van der Waals surface area contributed by atoms with E-state index >= 15 is 0 Å². The largest absolute Gasteiger partial charge is 0.368 e. The fourth-order valence-electron chi connectivity index (χ4n) is 4.69. The highest BCUT2D eigenvalue weighted by molar-refractivity contribution is 6.30. The highest BCUT2D eigenvalue weighted by Crippen LogP contribution is 2.29. The molecular formula is C25H28ClN5O. The van der Waals surface area contributed by atoms with Crippen LogP contribution in [0.5, 0.6) is 0 Å². The van der Waals surface area contributed by atoms with E-state index in [2.05, 4.69) is 39.1 Å². The smallest absolute Gasteiger partial charge is 0.275 e. The molecule has 1 amide bonds. The average molecular weight is 450 g/mol. The van der Waals surface area contributed by atoms with Crippen molar-refractivity contribution in [2.45, 2.75) is 19.8 Å². The number of piperidine rings is 1. The maximum atomic E-state index is 13.2. The number of amides is 1. The van der Waals surface area contributed by atoms with Crippen molar-refractivity contribution in [2.75, 3.05) is 49.1 Å². The Morgan fingerprint density at radius 1 is 0.875 bits per heavy atom. The number of carbonyl (C=O) groups excluding carboxylic acids is 1. The summed E-state index contributed by atoms with van der Waals surface area (Å²) < 4.78 is 0. The molecule has 3 aromatic rings.